The normalized spacial score (nSPS) is 11.7. The summed E-state index contributed by atoms with van der Waals surface area (Å²) in [5.41, 5.74) is 15.8. The van der Waals surface area contributed by atoms with Gasteiger partial charge in [0.15, 0.2) is 0 Å². The first-order chi connectivity index (χ1) is 32.2. The molecular formula is C64H40O. The minimum absolute atomic E-state index is 0.876. The Morgan fingerprint density at radius 2 is 0.615 bits per heavy atom. The molecule has 13 rings (SSSR count). The highest BCUT2D eigenvalue weighted by Crippen LogP contribution is 2.43. The Hall–Kier alpha value is -8.52. The summed E-state index contributed by atoms with van der Waals surface area (Å²) in [4.78, 5) is 0. The van der Waals surface area contributed by atoms with Gasteiger partial charge in [-0.15, -0.1) is 0 Å². The summed E-state index contributed by atoms with van der Waals surface area (Å²) in [6.07, 6.45) is 0. The summed E-state index contributed by atoms with van der Waals surface area (Å²) in [6.45, 7) is 0. The number of fused-ring (bicyclic) bond motifs is 8. The summed E-state index contributed by atoms with van der Waals surface area (Å²) in [7, 11) is 0. The molecule has 1 nitrogen and oxygen atoms in total. The second-order valence-corrected chi connectivity index (χ2v) is 17.3. The Morgan fingerprint density at radius 3 is 1.22 bits per heavy atom. The van der Waals surface area contributed by atoms with Crippen LogP contribution in [0.4, 0.5) is 0 Å². The number of hydrogen-bond acceptors (Lipinski definition) is 1. The Bertz CT molecular complexity index is 3960. The van der Waals surface area contributed by atoms with Crippen LogP contribution < -0.4 is 0 Å². The molecule has 0 atom stereocenters. The van der Waals surface area contributed by atoms with Gasteiger partial charge >= 0.3 is 0 Å². The standard InChI is InChI=1S/C64H40O/c1-3-11-49-35-51(31-25-41(49)9-1)43-17-19-45(20-18-43)53-33-34-63-61(37-53)62-40-55(46-23-21-44(22-24-46)52-32-26-42-10-2-4-12-50(42)36-52)39-60(64(62)65-63)48-29-27-47(28-30-48)59-38-54-13-5-6-14-56(54)57-15-7-8-16-58(57)59/h1-40H. The van der Waals surface area contributed by atoms with Gasteiger partial charge in [0.05, 0.1) is 0 Å². The highest BCUT2D eigenvalue weighted by molar-refractivity contribution is 6.15. The lowest BCUT2D eigenvalue weighted by Gasteiger charge is -2.13. The highest BCUT2D eigenvalue weighted by atomic mass is 16.3. The molecule has 65 heavy (non-hydrogen) atoms. The average molecular weight is 825 g/mol. The van der Waals surface area contributed by atoms with Crippen molar-refractivity contribution < 1.29 is 4.42 Å². The largest absolute Gasteiger partial charge is 0.455 e. The van der Waals surface area contributed by atoms with E-state index in [0.29, 0.717) is 0 Å². The van der Waals surface area contributed by atoms with Crippen molar-refractivity contribution in [2.45, 2.75) is 0 Å². The zero-order valence-electron chi connectivity index (χ0n) is 35.5. The van der Waals surface area contributed by atoms with E-state index in [1.807, 2.05) is 0 Å². The van der Waals surface area contributed by atoms with Crippen molar-refractivity contribution in [2.75, 3.05) is 0 Å². The monoisotopic (exact) mass is 824 g/mol. The SMILES string of the molecule is c1ccc2cc(-c3ccc(-c4ccc5oc6c(-c7ccc(-c8cc9ccccc9c9ccccc89)cc7)cc(-c7ccc(-c8ccc9ccccc9c8)cc7)cc6c5c4)cc3)ccc2c1. The van der Waals surface area contributed by atoms with Crippen molar-refractivity contribution in [2.24, 2.45) is 0 Å². The van der Waals surface area contributed by atoms with Crippen LogP contribution in [0, 0.1) is 0 Å². The smallest absolute Gasteiger partial charge is 0.143 e. The molecule has 0 aliphatic heterocycles. The van der Waals surface area contributed by atoms with Crippen molar-refractivity contribution in [1.82, 2.24) is 0 Å². The number of furan rings is 1. The third-order valence-corrected chi connectivity index (χ3v) is 13.4. The molecule has 12 aromatic carbocycles. The van der Waals surface area contributed by atoms with Gasteiger partial charge in [0.2, 0.25) is 0 Å². The fourth-order valence-corrected chi connectivity index (χ4v) is 10.0. The molecule has 0 bridgehead atoms. The average Bonchev–Trinajstić information content (AvgIpc) is 3.76. The van der Waals surface area contributed by atoms with E-state index < -0.39 is 0 Å². The second-order valence-electron chi connectivity index (χ2n) is 17.3. The van der Waals surface area contributed by atoms with Gasteiger partial charge in [-0.25, -0.2) is 0 Å². The topological polar surface area (TPSA) is 13.1 Å². The fraction of sp³-hybridized carbons (Fsp3) is 0. The summed E-state index contributed by atoms with van der Waals surface area (Å²) >= 11 is 0. The molecule has 0 N–H and O–H groups in total. The van der Waals surface area contributed by atoms with Gasteiger partial charge in [-0.2, -0.15) is 0 Å². The van der Waals surface area contributed by atoms with Gasteiger partial charge in [-0.05, 0) is 147 Å². The molecule has 0 aliphatic carbocycles. The molecular weight excluding hydrogens is 785 g/mol. The van der Waals surface area contributed by atoms with E-state index in [2.05, 4.69) is 243 Å². The van der Waals surface area contributed by atoms with Gasteiger partial charge in [0.1, 0.15) is 11.2 Å². The van der Waals surface area contributed by atoms with Crippen LogP contribution in [0.2, 0.25) is 0 Å². The molecule has 1 heteroatoms. The maximum Gasteiger partial charge on any atom is 0.143 e. The van der Waals surface area contributed by atoms with Crippen molar-refractivity contribution in [3.63, 3.8) is 0 Å². The van der Waals surface area contributed by atoms with Gasteiger partial charge in [-0.1, -0.05) is 200 Å². The van der Waals surface area contributed by atoms with Crippen LogP contribution in [-0.2, 0) is 0 Å². The van der Waals surface area contributed by atoms with E-state index in [9.17, 15) is 0 Å². The fourth-order valence-electron chi connectivity index (χ4n) is 10.0. The van der Waals surface area contributed by atoms with Crippen molar-refractivity contribution in [1.29, 1.82) is 0 Å². The molecule has 1 heterocycles. The van der Waals surface area contributed by atoms with Crippen LogP contribution in [0.15, 0.2) is 247 Å². The summed E-state index contributed by atoms with van der Waals surface area (Å²) < 4.78 is 6.86. The van der Waals surface area contributed by atoms with Crippen LogP contribution >= 0.6 is 0 Å². The molecule has 0 fully saturated rings. The number of hydrogen-bond donors (Lipinski definition) is 0. The van der Waals surface area contributed by atoms with Gasteiger partial charge in [0.25, 0.3) is 0 Å². The minimum Gasteiger partial charge on any atom is -0.455 e. The lowest BCUT2D eigenvalue weighted by molar-refractivity contribution is 0.670. The first-order valence-corrected chi connectivity index (χ1v) is 22.4. The molecule has 0 saturated heterocycles. The van der Waals surface area contributed by atoms with Crippen molar-refractivity contribution in [3.8, 4) is 66.8 Å². The lowest BCUT2D eigenvalue weighted by Crippen LogP contribution is -1.87. The molecule has 0 amide bonds. The second kappa shape index (κ2) is 15.1. The molecule has 13 aromatic rings. The van der Waals surface area contributed by atoms with Gasteiger partial charge in [0, 0.05) is 16.3 Å². The van der Waals surface area contributed by atoms with Crippen LogP contribution in [0.1, 0.15) is 0 Å². The zero-order valence-corrected chi connectivity index (χ0v) is 35.5. The first-order valence-electron chi connectivity index (χ1n) is 22.4. The Labute approximate surface area is 377 Å². The minimum atomic E-state index is 0.876. The van der Waals surface area contributed by atoms with Gasteiger partial charge < -0.3 is 4.42 Å². The molecule has 0 radical (unpaired) electrons. The molecule has 302 valence electrons. The van der Waals surface area contributed by atoms with Crippen LogP contribution in [-0.4, -0.2) is 0 Å². The van der Waals surface area contributed by atoms with E-state index in [1.54, 1.807) is 0 Å². The van der Waals surface area contributed by atoms with Gasteiger partial charge in [-0.3, -0.25) is 0 Å². The summed E-state index contributed by atoms with van der Waals surface area (Å²) in [6, 6.07) is 88.5. The predicted octanol–water partition coefficient (Wildman–Crippen LogP) is 18.2. The Balaban J connectivity index is 0.924. The van der Waals surface area contributed by atoms with Crippen LogP contribution in [0.5, 0.6) is 0 Å². The number of rotatable bonds is 6. The molecule has 0 unspecified atom stereocenters. The van der Waals surface area contributed by atoms with Crippen LogP contribution in [0.3, 0.4) is 0 Å². The molecule has 1 aromatic heterocycles. The molecule has 0 spiro atoms. The third-order valence-electron chi connectivity index (χ3n) is 13.4. The summed E-state index contributed by atoms with van der Waals surface area (Å²) in [5, 5.41) is 12.3. The predicted molar refractivity (Wildman–Crippen MR) is 276 cm³/mol. The maximum atomic E-state index is 6.86. The quantitative estimate of drug-likeness (QED) is 0.152. The molecule has 0 saturated carbocycles. The van der Waals surface area contributed by atoms with Crippen LogP contribution in [0.25, 0.3) is 132 Å². The van der Waals surface area contributed by atoms with E-state index in [1.165, 1.54) is 82.0 Å². The van der Waals surface area contributed by atoms with Crippen molar-refractivity contribution in [3.05, 3.63) is 243 Å². The lowest BCUT2D eigenvalue weighted by atomic mass is 9.91. The van der Waals surface area contributed by atoms with E-state index in [-0.39, 0.29) is 0 Å². The molecule has 0 aliphatic rings. The van der Waals surface area contributed by atoms with E-state index in [4.69, 9.17) is 4.42 Å². The van der Waals surface area contributed by atoms with E-state index >= 15 is 0 Å². The third kappa shape index (κ3) is 6.48. The van der Waals surface area contributed by atoms with E-state index in [0.717, 1.165) is 49.8 Å². The Kier molecular flexibility index (Phi) is 8.60. The zero-order chi connectivity index (χ0) is 42.8. The van der Waals surface area contributed by atoms with Crippen molar-refractivity contribution >= 4 is 65.0 Å². The number of benzene rings is 12. The Morgan fingerprint density at radius 1 is 0.200 bits per heavy atom. The highest BCUT2D eigenvalue weighted by Gasteiger charge is 2.18. The summed E-state index contributed by atoms with van der Waals surface area (Å²) in [5.74, 6) is 0. The first kappa shape index (κ1) is 37.1. The maximum absolute atomic E-state index is 6.86.